The van der Waals surface area contributed by atoms with Gasteiger partial charge in [-0.2, -0.15) is 0 Å². The summed E-state index contributed by atoms with van der Waals surface area (Å²) in [6.45, 7) is 1.50. The topological polar surface area (TPSA) is 66.8 Å². The van der Waals surface area contributed by atoms with Crippen LogP contribution in [0.5, 0.6) is 11.5 Å². The summed E-state index contributed by atoms with van der Waals surface area (Å²) in [7, 11) is -0.453. The van der Waals surface area contributed by atoms with Crippen LogP contribution >= 0.6 is 0 Å². The molecule has 0 fully saturated rings. The summed E-state index contributed by atoms with van der Waals surface area (Å²) in [5.74, 6) is 1.24. The van der Waals surface area contributed by atoms with Crippen molar-refractivity contribution >= 4 is 27.0 Å². The molecule has 1 heterocycles. The lowest BCUT2D eigenvalue weighted by atomic mass is 10.1. The van der Waals surface area contributed by atoms with Crippen molar-refractivity contribution in [1.29, 1.82) is 0 Å². The first-order valence-corrected chi connectivity index (χ1v) is 15.9. The molecule has 3 aromatic carbocycles. The van der Waals surface area contributed by atoms with E-state index in [1.807, 2.05) is 42.5 Å². The molecule has 0 radical (unpaired) electrons. The quantitative estimate of drug-likeness (QED) is 0.119. The van der Waals surface area contributed by atoms with Crippen molar-refractivity contribution in [1.82, 2.24) is 3.97 Å². The predicted molar refractivity (Wildman–Crippen MR) is 167 cm³/mol. The van der Waals surface area contributed by atoms with Gasteiger partial charge in [0.15, 0.2) is 0 Å². The van der Waals surface area contributed by atoms with Gasteiger partial charge < -0.3 is 14.2 Å². The number of fused-ring (bicyclic) bond motifs is 1. The van der Waals surface area contributed by atoms with Crippen molar-refractivity contribution in [2.24, 2.45) is 0 Å². The highest BCUT2D eigenvalue weighted by atomic mass is 32.2. The number of methoxy groups -OCH3 is 2. The lowest BCUT2D eigenvalue weighted by Crippen LogP contribution is -2.14. The Morgan fingerprint density at radius 3 is 2.22 bits per heavy atom. The number of ether oxygens (including phenoxy) is 3. The molecule has 7 heteroatoms. The van der Waals surface area contributed by atoms with Gasteiger partial charge in [0.2, 0.25) is 10.0 Å². The Morgan fingerprint density at radius 2 is 1.49 bits per heavy atom. The summed E-state index contributed by atoms with van der Waals surface area (Å²) < 4.78 is 44.9. The Hall–Kier alpha value is -3.55. The van der Waals surface area contributed by atoms with Crippen molar-refractivity contribution in [2.75, 3.05) is 20.8 Å². The second-order valence-corrected chi connectivity index (χ2v) is 12.0. The Balaban J connectivity index is 1.27. The Morgan fingerprint density at radius 1 is 0.756 bits per heavy atom. The summed E-state index contributed by atoms with van der Waals surface area (Å²) in [6, 6.07) is 22.9. The molecule has 218 valence electrons. The zero-order valence-corrected chi connectivity index (χ0v) is 24.9. The molecule has 6 nitrogen and oxygen atoms in total. The second kappa shape index (κ2) is 15.5. The van der Waals surface area contributed by atoms with Crippen LogP contribution in [0, 0.1) is 0 Å². The maximum atomic E-state index is 13.5. The molecular weight excluding hydrogens is 534 g/mol. The summed E-state index contributed by atoms with van der Waals surface area (Å²) in [4.78, 5) is 0. The van der Waals surface area contributed by atoms with E-state index in [1.54, 1.807) is 44.7 Å². The summed E-state index contributed by atoms with van der Waals surface area (Å²) in [5.41, 5.74) is 3.38. The number of hydrogen-bond donors (Lipinski definition) is 0. The first-order valence-electron chi connectivity index (χ1n) is 14.3. The zero-order valence-electron chi connectivity index (χ0n) is 24.1. The third kappa shape index (κ3) is 8.72. The molecule has 41 heavy (non-hydrogen) atoms. The van der Waals surface area contributed by atoms with Gasteiger partial charge in [0.1, 0.15) is 11.5 Å². The number of benzene rings is 3. The molecule has 0 aliphatic rings. The van der Waals surface area contributed by atoms with Gasteiger partial charge in [0, 0.05) is 18.4 Å². The van der Waals surface area contributed by atoms with Crippen molar-refractivity contribution in [3.63, 3.8) is 0 Å². The van der Waals surface area contributed by atoms with E-state index in [4.69, 9.17) is 14.2 Å². The minimum Gasteiger partial charge on any atom is -0.497 e. The number of unbranched alkanes of at least 4 members (excludes halogenated alkanes) is 6. The fourth-order valence-electron chi connectivity index (χ4n) is 4.93. The van der Waals surface area contributed by atoms with E-state index >= 15 is 0 Å². The summed E-state index contributed by atoms with van der Waals surface area (Å²) in [5, 5.41) is 0.805. The molecule has 0 unspecified atom stereocenters. The number of rotatable bonds is 17. The Kier molecular flexibility index (Phi) is 11.5. The van der Waals surface area contributed by atoms with Gasteiger partial charge in [0.05, 0.1) is 37.5 Å². The summed E-state index contributed by atoms with van der Waals surface area (Å²) in [6.07, 6.45) is 13.8. The number of nitrogens with zero attached hydrogens (tertiary/aromatic N) is 1. The molecule has 4 aromatic rings. The molecule has 0 bridgehead atoms. The lowest BCUT2D eigenvalue weighted by molar-refractivity contribution is 0.116. The molecule has 1 aromatic heterocycles. The molecule has 0 aliphatic carbocycles. The summed E-state index contributed by atoms with van der Waals surface area (Å²) >= 11 is 0. The standard InChI is InChI=1S/C34H41NO5S/c1-38-31-22-20-29(21-23-31)27-41(36,37)35-25-30(34-32(35)18-14-19-33(34)39-2)17-12-7-5-3-4-6-8-13-24-40-26-28-15-10-9-11-16-28/h9-12,14-23,25H,3-8,13,24,26-27H2,1-2H3. The molecule has 0 saturated carbocycles. The number of aromatic nitrogens is 1. The highest BCUT2D eigenvalue weighted by molar-refractivity contribution is 7.89. The second-order valence-electron chi connectivity index (χ2n) is 10.2. The molecule has 0 saturated heterocycles. The average molecular weight is 576 g/mol. The van der Waals surface area contributed by atoms with Crippen molar-refractivity contribution < 1.29 is 22.6 Å². The fraction of sp³-hybridized carbons (Fsp3) is 0.353. The molecule has 0 N–H and O–H groups in total. The molecule has 4 rings (SSSR count). The predicted octanol–water partition coefficient (Wildman–Crippen LogP) is 8.00. The van der Waals surface area contributed by atoms with Gasteiger partial charge >= 0.3 is 0 Å². The van der Waals surface area contributed by atoms with Crippen LogP contribution < -0.4 is 9.47 Å². The van der Waals surface area contributed by atoms with Crippen LogP contribution in [0.3, 0.4) is 0 Å². The van der Waals surface area contributed by atoms with Crippen LogP contribution in [-0.4, -0.2) is 33.2 Å². The molecule has 0 atom stereocenters. The van der Waals surface area contributed by atoms with E-state index in [2.05, 4.69) is 18.2 Å². The smallest absolute Gasteiger partial charge is 0.243 e. The molecule has 0 amide bonds. The van der Waals surface area contributed by atoms with Gasteiger partial charge in [-0.05, 0) is 54.7 Å². The minimum atomic E-state index is -3.65. The van der Waals surface area contributed by atoms with Crippen LogP contribution in [0.25, 0.3) is 17.0 Å². The first kappa shape index (κ1) is 30.4. The normalized spacial score (nSPS) is 11.9. The zero-order chi connectivity index (χ0) is 28.9. The van der Waals surface area contributed by atoms with Crippen LogP contribution in [0.15, 0.2) is 85.1 Å². The largest absolute Gasteiger partial charge is 0.497 e. The molecule has 0 aliphatic heterocycles. The van der Waals surface area contributed by atoms with Crippen LogP contribution in [0.4, 0.5) is 0 Å². The maximum absolute atomic E-state index is 13.5. The number of allylic oxidation sites excluding steroid dienone is 1. The molecular formula is C34H41NO5S. The third-order valence-electron chi connectivity index (χ3n) is 7.13. The van der Waals surface area contributed by atoms with Gasteiger partial charge in [0.25, 0.3) is 0 Å². The SMILES string of the molecule is COc1ccc(CS(=O)(=O)n2cc(C=CCCCCCCCCOCc3ccccc3)c3c(OC)cccc32)cc1. The van der Waals surface area contributed by atoms with E-state index < -0.39 is 10.0 Å². The van der Waals surface area contributed by atoms with E-state index in [9.17, 15) is 8.42 Å². The third-order valence-corrected chi connectivity index (χ3v) is 8.73. The van der Waals surface area contributed by atoms with Crippen molar-refractivity contribution in [2.45, 2.75) is 57.3 Å². The van der Waals surface area contributed by atoms with Gasteiger partial charge in [-0.25, -0.2) is 12.4 Å². The van der Waals surface area contributed by atoms with Crippen LogP contribution in [0.1, 0.15) is 61.6 Å². The number of hydrogen-bond acceptors (Lipinski definition) is 5. The first-order chi connectivity index (χ1) is 20.0. The van der Waals surface area contributed by atoms with E-state index in [-0.39, 0.29) is 5.75 Å². The molecule has 0 spiro atoms. The average Bonchev–Trinajstić information content (AvgIpc) is 3.38. The van der Waals surface area contributed by atoms with Gasteiger partial charge in [-0.15, -0.1) is 0 Å². The lowest BCUT2D eigenvalue weighted by Gasteiger charge is -2.09. The van der Waals surface area contributed by atoms with Gasteiger partial charge in [-0.3, -0.25) is 0 Å². The maximum Gasteiger partial charge on any atom is 0.243 e. The van der Waals surface area contributed by atoms with Gasteiger partial charge in [-0.1, -0.05) is 86.4 Å². The highest BCUT2D eigenvalue weighted by Crippen LogP contribution is 2.33. The minimum absolute atomic E-state index is 0.111. The van der Waals surface area contributed by atoms with Crippen molar-refractivity contribution in [3.8, 4) is 11.5 Å². The Labute approximate surface area is 244 Å². The van der Waals surface area contributed by atoms with Crippen LogP contribution in [-0.2, 0) is 27.1 Å². The van der Waals surface area contributed by atoms with Crippen molar-refractivity contribution in [3.05, 3.63) is 102 Å². The van der Waals surface area contributed by atoms with Crippen LogP contribution in [0.2, 0.25) is 0 Å². The van der Waals surface area contributed by atoms with E-state index in [0.29, 0.717) is 29.2 Å². The van der Waals surface area contributed by atoms with E-state index in [0.717, 1.165) is 36.8 Å². The highest BCUT2D eigenvalue weighted by Gasteiger charge is 2.21. The fourth-order valence-corrected chi connectivity index (χ4v) is 6.41. The monoisotopic (exact) mass is 575 g/mol. The van der Waals surface area contributed by atoms with E-state index in [1.165, 1.54) is 35.2 Å². The Bertz CT molecular complexity index is 1490.